The standard InChI is InChI=1S/C37H33Br/c1-22-14-16-26(27-17-15-23(2)31(20-27)36-24(3)10-9-13-35(36)38)19-29(22)30-21-32-28-11-7-8-12-33(28)37(5,6)34(32)18-25(30)4/h7-21H,1-6H3. The van der Waals surface area contributed by atoms with Crippen LogP contribution < -0.4 is 0 Å². The minimum absolute atomic E-state index is 0.0221. The van der Waals surface area contributed by atoms with Crippen LogP contribution in [0.2, 0.25) is 0 Å². The average molecular weight is 558 g/mol. The van der Waals surface area contributed by atoms with Gasteiger partial charge >= 0.3 is 0 Å². The SMILES string of the molecule is Cc1ccc(-c2ccc(C)c(-c3c(C)cccc3Br)c2)cc1-c1cc2c(cc1C)C(C)(C)c1ccccc1-2. The van der Waals surface area contributed by atoms with E-state index in [1.165, 1.54) is 77.9 Å². The molecule has 0 saturated carbocycles. The summed E-state index contributed by atoms with van der Waals surface area (Å²) in [4.78, 5) is 0. The molecule has 1 aliphatic rings. The molecule has 0 heterocycles. The van der Waals surface area contributed by atoms with Crippen LogP contribution in [0, 0.1) is 27.7 Å². The number of rotatable bonds is 3. The molecule has 188 valence electrons. The molecule has 5 aromatic carbocycles. The van der Waals surface area contributed by atoms with Crippen molar-refractivity contribution in [3.8, 4) is 44.5 Å². The normalized spacial score (nSPS) is 13.3. The molecule has 5 aromatic rings. The van der Waals surface area contributed by atoms with Crippen LogP contribution in [0.5, 0.6) is 0 Å². The van der Waals surface area contributed by atoms with Gasteiger partial charge in [-0.2, -0.15) is 0 Å². The number of halogens is 1. The lowest BCUT2D eigenvalue weighted by molar-refractivity contribution is 0.660. The van der Waals surface area contributed by atoms with E-state index in [9.17, 15) is 0 Å². The van der Waals surface area contributed by atoms with E-state index in [2.05, 4.69) is 148 Å². The van der Waals surface area contributed by atoms with Gasteiger partial charge in [-0.1, -0.05) is 96.5 Å². The number of hydrogen-bond donors (Lipinski definition) is 0. The molecule has 38 heavy (non-hydrogen) atoms. The molecule has 1 heteroatoms. The molecule has 0 unspecified atom stereocenters. The van der Waals surface area contributed by atoms with Gasteiger partial charge in [-0.3, -0.25) is 0 Å². The maximum Gasteiger partial charge on any atom is 0.0256 e. The Balaban J connectivity index is 1.50. The first-order chi connectivity index (χ1) is 18.2. The summed E-state index contributed by atoms with van der Waals surface area (Å²) in [6.45, 7) is 13.6. The molecule has 6 rings (SSSR count). The zero-order chi connectivity index (χ0) is 26.8. The summed E-state index contributed by atoms with van der Waals surface area (Å²) in [6, 6.07) is 34.0. The highest BCUT2D eigenvalue weighted by atomic mass is 79.9. The maximum absolute atomic E-state index is 3.80. The summed E-state index contributed by atoms with van der Waals surface area (Å²) in [5.41, 5.74) is 18.5. The lowest BCUT2D eigenvalue weighted by Gasteiger charge is -2.22. The lowest BCUT2D eigenvalue weighted by atomic mass is 9.81. The van der Waals surface area contributed by atoms with Crippen molar-refractivity contribution in [3.05, 3.63) is 129 Å². The molecule has 0 aliphatic heterocycles. The van der Waals surface area contributed by atoms with Crippen LogP contribution in [0.4, 0.5) is 0 Å². The van der Waals surface area contributed by atoms with Gasteiger partial charge in [-0.25, -0.2) is 0 Å². The van der Waals surface area contributed by atoms with E-state index in [0.29, 0.717) is 0 Å². The Morgan fingerprint density at radius 1 is 0.474 bits per heavy atom. The van der Waals surface area contributed by atoms with Crippen molar-refractivity contribution < 1.29 is 0 Å². The number of aryl methyl sites for hydroxylation is 4. The van der Waals surface area contributed by atoms with Gasteiger partial charge in [0.1, 0.15) is 0 Å². The first-order valence-corrected chi connectivity index (χ1v) is 14.2. The monoisotopic (exact) mass is 556 g/mol. The van der Waals surface area contributed by atoms with Gasteiger partial charge in [0.2, 0.25) is 0 Å². The molecule has 0 spiro atoms. The second-order valence-electron chi connectivity index (χ2n) is 11.4. The topological polar surface area (TPSA) is 0 Å². The van der Waals surface area contributed by atoms with Crippen LogP contribution >= 0.6 is 15.9 Å². The fraction of sp³-hybridized carbons (Fsp3) is 0.189. The molecule has 0 N–H and O–H groups in total. The van der Waals surface area contributed by atoms with Crippen LogP contribution in [-0.4, -0.2) is 0 Å². The Morgan fingerprint density at radius 2 is 1.11 bits per heavy atom. The molecule has 0 atom stereocenters. The van der Waals surface area contributed by atoms with Crippen molar-refractivity contribution in [2.24, 2.45) is 0 Å². The molecular formula is C37H33Br. The number of hydrogen-bond acceptors (Lipinski definition) is 0. The summed E-state index contributed by atoms with van der Waals surface area (Å²) >= 11 is 3.80. The highest BCUT2D eigenvalue weighted by Crippen LogP contribution is 2.50. The van der Waals surface area contributed by atoms with Crippen molar-refractivity contribution in [2.45, 2.75) is 47.0 Å². The molecule has 0 saturated heterocycles. The predicted octanol–water partition coefficient (Wildman–Crippen LogP) is 11.0. The second-order valence-corrected chi connectivity index (χ2v) is 12.2. The van der Waals surface area contributed by atoms with Crippen LogP contribution in [-0.2, 0) is 5.41 Å². The summed E-state index contributed by atoms with van der Waals surface area (Å²) in [5, 5.41) is 0. The van der Waals surface area contributed by atoms with Gasteiger partial charge in [0.15, 0.2) is 0 Å². The molecule has 0 nitrogen and oxygen atoms in total. The highest BCUT2D eigenvalue weighted by Gasteiger charge is 2.35. The lowest BCUT2D eigenvalue weighted by Crippen LogP contribution is -2.15. The Morgan fingerprint density at radius 3 is 1.82 bits per heavy atom. The van der Waals surface area contributed by atoms with Crippen LogP contribution in [0.15, 0.2) is 95.5 Å². The third-order valence-electron chi connectivity index (χ3n) is 8.52. The van der Waals surface area contributed by atoms with Crippen molar-refractivity contribution in [1.29, 1.82) is 0 Å². The molecule has 0 fully saturated rings. The first kappa shape index (κ1) is 24.9. The van der Waals surface area contributed by atoms with E-state index < -0.39 is 0 Å². The summed E-state index contributed by atoms with van der Waals surface area (Å²) < 4.78 is 1.14. The maximum atomic E-state index is 3.80. The van der Waals surface area contributed by atoms with E-state index >= 15 is 0 Å². The third-order valence-corrected chi connectivity index (χ3v) is 9.18. The Hall–Kier alpha value is -3.42. The third kappa shape index (κ3) is 3.87. The van der Waals surface area contributed by atoms with Gasteiger partial charge in [0.25, 0.3) is 0 Å². The van der Waals surface area contributed by atoms with E-state index in [0.717, 1.165) is 4.47 Å². The van der Waals surface area contributed by atoms with E-state index in [-0.39, 0.29) is 5.41 Å². The van der Waals surface area contributed by atoms with Crippen molar-refractivity contribution in [3.63, 3.8) is 0 Å². The molecule has 1 aliphatic carbocycles. The van der Waals surface area contributed by atoms with E-state index in [1.54, 1.807) is 0 Å². The Labute approximate surface area is 235 Å². The smallest absolute Gasteiger partial charge is 0.0256 e. The predicted molar refractivity (Wildman–Crippen MR) is 167 cm³/mol. The summed E-state index contributed by atoms with van der Waals surface area (Å²) in [7, 11) is 0. The van der Waals surface area contributed by atoms with Gasteiger partial charge in [-0.05, 0) is 130 Å². The fourth-order valence-electron chi connectivity index (χ4n) is 6.28. The minimum Gasteiger partial charge on any atom is -0.0619 e. The minimum atomic E-state index is 0.0221. The first-order valence-electron chi connectivity index (χ1n) is 13.4. The molecule has 0 amide bonds. The summed E-state index contributed by atoms with van der Waals surface area (Å²) in [6.07, 6.45) is 0. The van der Waals surface area contributed by atoms with E-state index in [4.69, 9.17) is 0 Å². The highest BCUT2D eigenvalue weighted by molar-refractivity contribution is 9.10. The van der Waals surface area contributed by atoms with E-state index in [1.807, 2.05) is 0 Å². The number of fused-ring (bicyclic) bond motifs is 3. The number of benzene rings is 5. The van der Waals surface area contributed by atoms with Gasteiger partial charge in [0, 0.05) is 9.89 Å². The average Bonchev–Trinajstić information content (AvgIpc) is 3.11. The zero-order valence-electron chi connectivity index (χ0n) is 23.0. The van der Waals surface area contributed by atoms with Crippen molar-refractivity contribution in [1.82, 2.24) is 0 Å². The second kappa shape index (κ2) is 9.10. The van der Waals surface area contributed by atoms with Crippen molar-refractivity contribution in [2.75, 3.05) is 0 Å². The molecule has 0 aromatic heterocycles. The molecular weight excluding hydrogens is 524 g/mol. The summed E-state index contributed by atoms with van der Waals surface area (Å²) in [5.74, 6) is 0. The largest absolute Gasteiger partial charge is 0.0619 e. The Bertz CT molecular complexity index is 1710. The molecule has 0 radical (unpaired) electrons. The van der Waals surface area contributed by atoms with Gasteiger partial charge < -0.3 is 0 Å². The fourth-order valence-corrected chi connectivity index (χ4v) is 6.96. The van der Waals surface area contributed by atoms with Crippen LogP contribution in [0.3, 0.4) is 0 Å². The quantitative estimate of drug-likeness (QED) is 0.207. The van der Waals surface area contributed by atoms with Crippen LogP contribution in [0.1, 0.15) is 47.2 Å². The Kier molecular flexibility index (Phi) is 5.96. The molecule has 0 bridgehead atoms. The zero-order valence-corrected chi connectivity index (χ0v) is 24.6. The van der Waals surface area contributed by atoms with Gasteiger partial charge in [-0.15, -0.1) is 0 Å². The van der Waals surface area contributed by atoms with Crippen molar-refractivity contribution >= 4 is 15.9 Å². The van der Waals surface area contributed by atoms with Crippen LogP contribution in [0.25, 0.3) is 44.5 Å². The van der Waals surface area contributed by atoms with Gasteiger partial charge in [0.05, 0.1) is 0 Å².